The summed E-state index contributed by atoms with van der Waals surface area (Å²) in [6.45, 7) is 17.4. The fraction of sp³-hybridized carbons (Fsp3) is 0.552. The van der Waals surface area contributed by atoms with Crippen LogP contribution in [0.4, 0.5) is 11.4 Å². The first-order chi connectivity index (χ1) is 32.1. The number of rotatable bonds is 33. The summed E-state index contributed by atoms with van der Waals surface area (Å²) in [6, 6.07) is 13.9. The molecule has 4 aromatic carbocycles. The van der Waals surface area contributed by atoms with Crippen molar-refractivity contribution in [1.29, 1.82) is 0 Å². The summed E-state index contributed by atoms with van der Waals surface area (Å²) >= 11 is 0. The van der Waals surface area contributed by atoms with Gasteiger partial charge in [-0.25, -0.2) is 0 Å². The molecule has 2 atom stereocenters. The molecule has 66 heavy (non-hydrogen) atoms. The molecule has 0 bridgehead atoms. The minimum atomic E-state index is -0.448. The van der Waals surface area contributed by atoms with Crippen LogP contribution in [0.15, 0.2) is 73.8 Å². The van der Waals surface area contributed by atoms with Crippen LogP contribution in [0.25, 0.3) is 32.7 Å². The van der Waals surface area contributed by atoms with E-state index in [2.05, 4.69) is 40.9 Å². The second-order valence-electron chi connectivity index (χ2n) is 18.7. The largest absolute Gasteiger partial charge is 0.504 e. The highest BCUT2D eigenvalue weighted by atomic mass is 16.3. The van der Waals surface area contributed by atoms with Crippen LogP contribution in [0.2, 0.25) is 0 Å². The first kappa shape index (κ1) is 53.6. The molecule has 2 unspecified atom stereocenters. The van der Waals surface area contributed by atoms with Gasteiger partial charge in [-0.15, -0.1) is 13.2 Å². The number of nitrogens with zero attached hydrogens (tertiary/aromatic N) is 2. The van der Waals surface area contributed by atoms with Crippen molar-refractivity contribution < 1.29 is 30.0 Å². The zero-order valence-electron chi connectivity index (χ0n) is 41.2. The van der Waals surface area contributed by atoms with E-state index in [1.807, 2.05) is 24.3 Å². The SMILES string of the molecule is C=CCN(C(=O)C(CCCCCC)CCCCCCCC)c1ccc2c(-c3c(O)c(O)cc4cc(N(CC=C)C(=O)C(CCCCCC)CCCCCCCC)ccc34)c(O)c(O)cc2c1. The Kier molecular flexibility index (Phi) is 23.5. The predicted octanol–water partition coefficient (Wildman–Crippen LogP) is 16.2. The smallest absolute Gasteiger partial charge is 0.230 e. The molecule has 4 N–H and O–H groups in total. The van der Waals surface area contributed by atoms with Crippen LogP contribution in [0.1, 0.15) is 182 Å². The average Bonchev–Trinajstić information content (AvgIpc) is 3.31. The van der Waals surface area contributed by atoms with Gasteiger partial charge in [0.25, 0.3) is 0 Å². The van der Waals surface area contributed by atoms with Gasteiger partial charge in [0.2, 0.25) is 11.8 Å². The van der Waals surface area contributed by atoms with Crippen molar-refractivity contribution in [3.63, 3.8) is 0 Å². The minimum absolute atomic E-state index is 0.0594. The van der Waals surface area contributed by atoms with E-state index in [0.29, 0.717) is 46.0 Å². The molecule has 362 valence electrons. The second kappa shape index (κ2) is 28.9. The van der Waals surface area contributed by atoms with Crippen molar-refractivity contribution in [1.82, 2.24) is 0 Å². The van der Waals surface area contributed by atoms with Gasteiger partial charge in [0.1, 0.15) is 0 Å². The number of fused-ring (bicyclic) bond motifs is 2. The zero-order valence-corrected chi connectivity index (χ0v) is 41.2. The van der Waals surface area contributed by atoms with Crippen molar-refractivity contribution >= 4 is 44.7 Å². The Labute approximate surface area is 397 Å². The number of aromatic hydroxyl groups is 4. The van der Waals surface area contributed by atoms with Crippen LogP contribution in [-0.2, 0) is 9.59 Å². The number of unbranched alkanes of at least 4 members (excludes halogenated alkanes) is 16. The number of carbonyl (C=O) groups is 2. The van der Waals surface area contributed by atoms with E-state index in [0.717, 1.165) is 103 Å². The first-order valence-corrected chi connectivity index (χ1v) is 25.9. The molecule has 0 saturated heterocycles. The van der Waals surface area contributed by atoms with Gasteiger partial charge in [-0.1, -0.05) is 180 Å². The number of carbonyl (C=O) groups excluding carboxylic acids is 2. The molecule has 0 aliphatic heterocycles. The number of hydrogen-bond acceptors (Lipinski definition) is 6. The summed E-state index contributed by atoms with van der Waals surface area (Å²) < 4.78 is 0. The van der Waals surface area contributed by atoms with Gasteiger partial charge >= 0.3 is 0 Å². The third-order valence-corrected chi connectivity index (χ3v) is 13.5. The van der Waals surface area contributed by atoms with E-state index in [1.54, 1.807) is 34.1 Å². The predicted molar refractivity (Wildman–Crippen MR) is 279 cm³/mol. The van der Waals surface area contributed by atoms with Gasteiger partial charge in [-0.05, 0) is 83.6 Å². The van der Waals surface area contributed by atoms with E-state index in [4.69, 9.17) is 0 Å². The Morgan fingerprint density at radius 3 is 1.09 bits per heavy atom. The summed E-state index contributed by atoms with van der Waals surface area (Å²) in [5.41, 5.74) is 1.58. The molecule has 0 aliphatic rings. The van der Waals surface area contributed by atoms with Gasteiger partial charge in [0, 0.05) is 47.4 Å². The van der Waals surface area contributed by atoms with Crippen LogP contribution in [0.5, 0.6) is 23.0 Å². The zero-order chi connectivity index (χ0) is 47.8. The van der Waals surface area contributed by atoms with E-state index < -0.39 is 23.0 Å². The summed E-state index contributed by atoms with van der Waals surface area (Å²) in [4.78, 5) is 32.5. The summed E-state index contributed by atoms with van der Waals surface area (Å²) in [5, 5.41) is 47.9. The van der Waals surface area contributed by atoms with Crippen LogP contribution < -0.4 is 9.80 Å². The van der Waals surface area contributed by atoms with E-state index in [-0.39, 0.29) is 34.8 Å². The normalized spacial score (nSPS) is 12.4. The molecule has 0 radical (unpaired) electrons. The lowest BCUT2D eigenvalue weighted by Crippen LogP contribution is -2.36. The maximum absolute atomic E-state index is 14.5. The summed E-state index contributed by atoms with van der Waals surface area (Å²) in [6.07, 6.45) is 29.5. The second-order valence-corrected chi connectivity index (χ2v) is 18.7. The third-order valence-electron chi connectivity index (χ3n) is 13.5. The van der Waals surface area contributed by atoms with Crippen molar-refractivity contribution in [2.45, 2.75) is 182 Å². The highest BCUT2D eigenvalue weighted by Gasteiger charge is 2.28. The van der Waals surface area contributed by atoms with Crippen LogP contribution in [0, 0.1) is 11.8 Å². The molecule has 8 nitrogen and oxygen atoms in total. The van der Waals surface area contributed by atoms with Crippen molar-refractivity contribution in [3.8, 4) is 34.1 Å². The fourth-order valence-electron chi connectivity index (χ4n) is 9.68. The van der Waals surface area contributed by atoms with Gasteiger partial charge in [-0.3, -0.25) is 9.59 Å². The Bertz CT molecular complexity index is 1990. The van der Waals surface area contributed by atoms with E-state index in [1.165, 1.54) is 63.5 Å². The van der Waals surface area contributed by atoms with Gasteiger partial charge in [0.05, 0.1) is 0 Å². The van der Waals surface area contributed by atoms with E-state index >= 15 is 0 Å². The molecule has 4 rings (SSSR count). The lowest BCUT2D eigenvalue weighted by molar-refractivity contribution is -0.123. The number of phenols is 4. The Morgan fingerprint density at radius 2 is 0.773 bits per heavy atom. The number of phenolic OH excluding ortho intramolecular Hbond substituents is 4. The number of amides is 2. The number of anilines is 2. The average molecular weight is 905 g/mol. The lowest BCUT2D eigenvalue weighted by atomic mass is 9.90. The molecular formula is C58H84N2O6. The lowest BCUT2D eigenvalue weighted by Gasteiger charge is -2.28. The molecule has 0 aromatic heterocycles. The Balaban J connectivity index is 1.75. The maximum atomic E-state index is 14.5. The molecule has 0 fully saturated rings. The standard InChI is InChI=1S/C58H84N2O6/c1-7-13-17-21-23-27-31-43(29-25-19-15-9-3)57(65)59(37-11-5)47-33-35-49-45(39-47)41-51(61)55(63)53(49)54-50-36-34-48(40-46(50)42-52(62)56(54)64)60(38-12-6)58(66)44(30-26-20-16-10-4)32-28-24-22-18-14-8-2/h11-12,33-36,39-44,61-64H,5-10,13-32,37-38H2,1-4H3. The molecule has 0 aliphatic carbocycles. The van der Waals surface area contributed by atoms with Gasteiger partial charge in [0.15, 0.2) is 23.0 Å². The number of benzene rings is 4. The molecule has 0 heterocycles. The molecule has 2 amide bonds. The fourth-order valence-corrected chi connectivity index (χ4v) is 9.68. The Morgan fingerprint density at radius 1 is 0.470 bits per heavy atom. The molecule has 8 heteroatoms. The van der Waals surface area contributed by atoms with Crippen LogP contribution >= 0.6 is 0 Å². The topological polar surface area (TPSA) is 122 Å². The highest BCUT2D eigenvalue weighted by Crippen LogP contribution is 2.51. The maximum Gasteiger partial charge on any atom is 0.230 e. The van der Waals surface area contributed by atoms with Gasteiger partial charge < -0.3 is 30.2 Å². The van der Waals surface area contributed by atoms with Crippen molar-refractivity contribution in [3.05, 3.63) is 73.8 Å². The minimum Gasteiger partial charge on any atom is -0.504 e. The molecule has 0 spiro atoms. The Hall–Kier alpha value is -4.98. The van der Waals surface area contributed by atoms with Crippen molar-refractivity contribution in [2.24, 2.45) is 11.8 Å². The quantitative estimate of drug-likeness (QED) is 0.0215. The monoisotopic (exact) mass is 905 g/mol. The van der Waals surface area contributed by atoms with E-state index in [9.17, 15) is 30.0 Å². The third kappa shape index (κ3) is 15.0. The highest BCUT2D eigenvalue weighted by molar-refractivity contribution is 6.13. The molecule has 4 aromatic rings. The molecule has 0 saturated carbocycles. The summed E-state index contributed by atoms with van der Waals surface area (Å²) in [5.74, 6) is -1.83. The van der Waals surface area contributed by atoms with Crippen LogP contribution in [-0.4, -0.2) is 45.3 Å². The molecular weight excluding hydrogens is 821 g/mol. The van der Waals surface area contributed by atoms with Gasteiger partial charge in [-0.2, -0.15) is 0 Å². The summed E-state index contributed by atoms with van der Waals surface area (Å²) in [7, 11) is 0. The van der Waals surface area contributed by atoms with Crippen molar-refractivity contribution in [2.75, 3.05) is 22.9 Å². The van der Waals surface area contributed by atoms with Crippen LogP contribution in [0.3, 0.4) is 0 Å². The first-order valence-electron chi connectivity index (χ1n) is 25.9. The number of hydrogen-bond donors (Lipinski definition) is 4.